The van der Waals surface area contributed by atoms with Crippen molar-refractivity contribution in [2.24, 2.45) is 5.41 Å². The number of amides is 1. The van der Waals surface area contributed by atoms with Crippen molar-refractivity contribution in [2.45, 2.75) is 64.5 Å². The van der Waals surface area contributed by atoms with Crippen molar-refractivity contribution >= 4 is 34.4 Å². The molecule has 0 radical (unpaired) electrons. The quantitative estimate of drug-likeness (QED) is 0.654. The van der Waals surface area contributed by atoms with Gasteiger partial charge in [0.15, 0.2) is 5.78 Å². The summed E-state index contributed by atoms with van der Waals surface area (Å²) in [6, 6.07) is 12.2. The molecule has 0 bridgehead atoms. The Morgan fingerprint density at radius 3 is 2.69 bits per heavy atom. The monoisotopic (exact) mass is 449 g/mol. The minimum atomic E-state index is -0.265. The molecule has 3 aliphatic rings. The van der Waals surface area contributed by atoms with Crippen molar-refractivity contribution in [3.05, 3.63) is 57.9 Å². The van der Waals surface area contributed by atoms with E-state index in [9.17, 15) is 9.59 Å². The molecular weight excluding hydrogens is 418 g/mol. The van der Waals surface area contributed by atoms with Crippen LogP contribution >= 0.6 is 11.3 Å². The largest absolute Gasteiger partial charge is 0.357 e. The van der Waals surface area contributed by atoms with Crippen LogP contribution in [0.4, 0.5) is 11.4 Å². The molecule has 1 amide bonds. The van der Waals surface area contributed by atoms with Crippen LogP contribution in [0.25, 0.3) is 0 Å². The molecule has 6 heteroatoms. The van der Waals surface area contributed by atoms with E-state index in [4.69, 9.17) is 0 Å². The topological polar surface area (TPSA) is 61.4 Å². The highest BCUT2D eigenvalue weighted by Gasteiger charge is 2.42. The van der Waals surface area contributed by atoms with Crippen LogP contribution in [0.1, 0.15) is 63.3 Å². The van der Waals surface area contributed by atoms with Gasteiger partial charge in [0.05, 0.1) is 24.0 Å². The van der Waals surface area contributed by atoms with Gasteiger partial charge in [0, 0.05) is 28.6 Å². The second-order valence-electron chi connectivity index (χ2n) is 10.1. The molecule has 2 heterocycles. The van der Waals surface area contributed by atoms with E-state index in [2.05, 4.69) is 41.5 Å². The van der Waals surface area contributed by atoms with Gasteiger partial charge in [-0.1, -0.05) is 44.9 Å². The average molecular weight is 450 g/mol. The lowest BCUT2D eigenvalue weighted by Gasteiger charge is -2.37. The van der Waals surface area contributed by atoms with Gasteiger partial charge in [-0.05, 0) is 48.3 Å². The molecule has 1 atom stereocenters. The number of nitrogens with one attached hydrogen (secondary N) is 2. The second-order valence-corrected chi connectivity index (χ2v) is 11.0. The highest BCUT2D eigenvalue weighted by molar-refractivity contribution is 7.10. The zero-order valence-corrected chi connectivity index (χ0v) is 19.6. The number of carbonyl (C=O) groups is 2. The lowest BCUT2D eigenvalue weighted by molar-refractivity contribution is -0.121. The average Bonchev–Trinajstić information content (AvgIpc) is 3.41. The number of carbonyl (C=O) groups excluding carboxylic acids is 2. The molecule has 0 spiro atoms. The van der Waals surface area contributed by atoms with E-state index < -0.39 is 0 Å². The van der Waals surface area contributed by atoms with Crippen molar-refractivity contribution in [3.63, 3.8) is 0 Å². The van der Waals surface area contributed by atoms with Crippen LogP contribution in [0.3, 0.4) is 0 Å². The molecule has 1 fully saturated rings. The van der Waals surface area contributed by atoms with Gasteiger partial charge in [0.2, 0.25) is 5.91 Å². The van der Waals surface area contributed by atoms with Crippen LogP contribution in [0.2, 0.25) is 0 Å². The minimum absolute atomic E-state index is 0.0286. The number of para-hydroxylation sites is 2. The SMILES string of the molecule is CC1(C)CC(=O)C2=C(C1)Nc1ccccc1N(CC(=O)NC1CCCC1)[C@@H]2c1cccs1. The first-order valence-corrected chi connectivity index (χ1v) is 12.5. The van der Waals surface area contributed by atoms with E-state index in [1.807, 2.05) is 29.6 Å². The Balaban J connectivity index is 1.60. The highest BCUT2D eigenvalue weighted by Crippen LogP contribution is 2.48. The molecule has 2 N–H and O–H groups in total. The Kier molecular flexibility index (Phi) is 5.58. The summed E-state index contributed by atoms with van der Waals surface area (Å²) in [6.07, 6.45) is 5.81. The maximum absolute atomic E-state index is 13.5. The van der Waals surface area contributed by atoms with Crippen LogP contribution in [-0.2, 0) is 9.59 Å². The van der Waals surface area contributed by atoms with E-state index in [-0.39, 0.29) is 35.7 Å². The smallest absolute Gasteiger partial charge is 0.239 e. The minimum Gasteiger partial charge on any atom is -0.357 e. The third kappa shape index (κ3) is 4.08. The van der Waals surface area contributed by atoms with E-state index in [1.54, 1.807) is 11.3 Å². The Morgan fingerprint density at radius 2 is 1.94 bits per heavy atom. The van der Waals surface area contributed by atoms with Gasteiger partial charge < -0.3 is 15.5 Å². The normalized spacial score (nSPS) is 22.8. The number of nitrogens with zero attached hydrogens (tertiary/aromatic N) is 1. The van der Waals surface area contributed by atoms with Crippen molar-refractivity contribution in [3.8, 4) is 0 Å². The third-order valence-corrected chi connectivity index (χ3v) is 7.78. The Labute approximate surface area is 193 Å². The number of thiophene rings is 1. The van der Waals surface area contributed by atoms with Gasteiger partial charge in [-0.15, -0.1) is 11.3 Å². The fourth-order valence-electron chi connectivity index (χ4n) is 5.47. The fraction of sp³-hybridized carbons (Fsp3) is 0.462. The first-order chi connectivity index (χ1) is 15.4. The summed E-state index contributed by atoms with van der Waals surface area (Å²) in [6.45, 7) is 4.53. The standard InChI is InChI=1S/C26H31N3O2S/c1-26(2)14-19-24(21(30)15-26)25(22-12-7-13-32-22)29(20-11-6-5-10-18(20)28-19)16-23(31)27-17-8-3-4-9-17/h5-7,10-13,17,25,28H,3-4,8-9,14-16H2,1-2H3,(H,27,31)/t25-/m1/s1. The highest BCUT2D eigenvalue weighted by atomic mass is 32.1. The molecule has 1 saturated carbocycles. The van der Waals surface area contributed by atoms with Gasteiger partial charge in [-0.2, -0.15) is 0 Å². The molecule has 5 nitrogen and oxygen atoms in total. The van der Waals surface area contributed by atoms with E-state index in [1.165, 1.54) is 12.8 Å². The van der Waals surface area contributed by atoms with Gasteiger partial charge >= 0.3 is 0 Å². The lowest BCUT2D eigenvalue weighted by Crippen LogP contribution is -2.44. The molecule has 168 valence electrons. The molecular formula is C26H31N3O2S. The van der Waals surface area contributed by atoms with Crippen LogP contribution in [0.5, 0.6) is 0 Å². The number of hydrogen-bond donors (Lipinski definition) is 2. The number of Topliss-reactive ketones (excluding diaryl/α,β-unsaturated/α-hetero) is 1. The Hall–Kier alpha value is -2.60. The van der Waals surface area contributed by atoms with Crippen LogP contribution < -0.4 is 15.5 Å². The van der Waals surface area contributed by atoms with Gasteiger partial charge in [0.1, 0.15) is 0 Å². The van der Waals surface area contributed by atoms with Crippen LogP contribution in [0, 0.1) is 5.41 Å². The number of ketones is 1. The maximum Gasteiger partial charge on any atom is 0.239 e. The molecule has 5 rings (SSSR count). The summed E-state index contributed by atoms with van der Waals surface area (Å²) in [5.41, 5.74) is 3.64. The zero-order chi connectivity index (χ0) is 22.3. The summed E-state index contributed by atoms with van der Waals surface area (Å²) < 4.78 is 0. The predicted molar refractivity (Wildman–Crippen MR) is 130 cm³/mol. The first-order valence-electron chi connectivity index (χ1n) is 11.6. The summed E-state index contributed by atoms with van der Waals surface area (Å²) in [5, 5.41) is 8.90. The number of benzene rings is 1. The van der Waals surface area contributed by atoms with E-state index in [0.717, 1.165) is 46.8 Å². The third-order valence-electron chi connectivity index (χ3n) is 6.85. The van der Waals surface area contributed by atoms with E-state index in [0.29, 0.717) is 6.42 Å². The van der Waals surface area contributed by atoms with Crippen LogP contribution in [-0.4, -0.2) is 24.3 Å². The first kappa shape index (κ1) is 21.3. The van der Waals surface area contributed by atoms with Crippen LogP contribution in [0.15, 0.2) is 53.0 Å². The lowest BCUT2D eigenvalue weighted by atomic mass is 9.74. The Morgan fingerprint density at radius 1 is 1.16 bits per heavy atom. The predicted octanol–water partition coefficient (Wildman–Crippen LogP) is 5.42. The fourth-order valence-corrected chi connectivity index (χ4v) is 6.31. The van der Waals surface area contributed by atoms with Crippen molar-refractivity contribution in [1.82, 2.24) is 5.32 Å². The summed E-state index contributed by atoms with van der Waals surface area (Å²) in [7, 11) is 0. The van der Waals surface area contributed by atoms with Crippen molar-refractivity contribution < 1.29 is 9.59 Å². The van der Waals surface area contributed by atoms with Gasteiger partial charge in [-0.25, -0.2) is 0 Å². The molecule has 1 aliphatic heterocycles. The number of rotatable bonds is 4. The van der Waals surface area contributed by atoms with E-state index >= 15 is 0 Å². The molecule has 1 aromatic carbocycles. The number of hydrogen-bond acceptors (Lipinski definition) is 5. The summed E-state index contributed by atoms with van der Waals surface area (Å²) in [4.78, 5) is 30.0. The van der Waals surface area contributed by atoms with Gasteiger partial charge in [-0.3, -0.25) is 9.59 Å². The second kappa shape index (κ2) is 8.39. The van der Waals surface area contributed by atoms with Crippen molar-refractivity contribution in [2.75, 3.05) is 16.8 Å². The van der Waals surface area contributed by atoms with Gasteiger partial charge in [0.25, 0.3) is 0 Å². The van der Waals surface area contributed by atoms with Crippen molar-refractivity contribution in [1.29, 1.82) is 0 Å². The molecule has 32 heavy (non-hydrogen) atoms. The summed E-state index contributed by atoms with van der Waals surface area (Å²) in [5.74, 6) is 0.206. The number of fused-ring (bicyclic) bond motifs is 1. The number of allylic oxidation sites excluding steroid dienone is 1. The molecule has 1 aromatic heterocycles. The summed E-state index contributed by atoms with van der Waals surface area (Å²) >= 11 is 1.65. The molecule has 0 unspecified atom stereocenters. The molecule has 2 aromatic rings. The Bertz CT molecular complexity index is 1050. The number of anilines is 2. The molecule has 2 aliphatic carbocycles. The molecule has 0 saturated heterocycles. The maximum atomic E-state index is 13.5. The zero-order valence-electron chi connectivity index (χ0n) is 18.8.